The molecule has 71 heavy (non-hydrogen) atoms. The van der Waals surface area contributed by atoms with Crippen LogP contribution in [0.25, 0.3) is 86.3 Å². The molecule has 10 aromatic rings. The second-order valence-corrected chi connectivity index (χ2v) is 23.8. The number of benzene rings is 7. The van der Waals surface area contributed by atoms with E-state index in [0.717, 1.165) is 0 Å². The van der Waals surface area contributed by atoms with Gasteiger partial charge in [-0.15, -0.1) is 55.0 Å². The van der Waals surface area contributed by atoms with E-state index in [1.807, 2.05) is 11.3 Å². The monoisotopic (exact) mass is 903 g/mol. The summed E-state index contributed by atoms with van der Waals surface area (Å²) in [6.45, 7) is 0. The van der Waals surface area contributed by atoms with E-state index in [1.165, 1.54) is 228 Å². The van der Waals surface area contributed by atoms with Crippen molar-refractivity contribution in [3.05, 3.63) is 0 Å². The molecular formula is C42H52B26N2S. The summed E-state index contributed by atoms with van der Waals surface area (Å²) in [6.07, 6.45) is 0. The smallest absolute Gasteiger partial charge is 0.142 e. The van der Waals surface area contributed by atoms with Gasteiger partial charge in [0.05, 0.1) is 5.69 Å². The zero-order valence-corrected chi connectivity index (χ0v) is 49.1. The highest BCUT2D eigenvalue weighted by Crippen LogP contribution is 2.41. The molecule has 0 aliphatic heterocycles. The van der Waals surface area contributed by atoms with Crippen LogP contribution in [0.3, 0.4) is 0 Å². The van der Waals surface area contributed by atoms with Crippen molar-refractivity contribution in [2.45, 2.75) is 0 Å². The van der Waals surface area contributed by atoms with Crippen LogP contribution in [0.5, 0.6) is 0 Å². The van der Waals surface area contributed by atoms with Gasteiger partial charge in [-0.25, -0.2) is 0 Å². The fourth-order valence-electron chi connectivity index (χ4n) is 13.9. The Kier molecular flexibility index (Phi) is 12.0. The SMILES string of the molecule is Bc1c(B)c(B)c(-c2c(B)c(B)c3sc4c(B)c(B)c(B)c(B)c4c3c2-n2c3c(B)c(B)c(B)c(B)c3c3c(B)c(-n4c5c(B)c(B)c(B)c(B)c5c5c(B)c(B)c(B)c(B)c54)c(B)c(B)c32)c(B)c1B. The Morgan fingerprint density at radius 3 is 0.845 bits per heavy atom. The minimum atomic E-state index is 1.33. The maximum Gasteiger partial charge on any atom is 0.142 e. The quantitative estimate of drug-likeness (QED) is 0.156. The Morgan fingerprint density at radius 2 is 0.437 bits per heavy atom. The second-order valence-electron chi connectivity index (χ2n) is 22.8. The standard InChI is InChI=1S/C42H52B26N2S/c43-9-1(10(44)18(52)23(57)17(9)51)2-14(48)33(67)42-8(7-15(49)22(56)27(61)34(68)41(7)71-42)35(2)69-36-5(13(47)21(55)24(58)28(36)62)6-16(50)40(32(66)31(65)39(6)69)70-37-3(11(45)19(53)25(59)29(37)63)4-12(46)20(54)26(60)30(64)38(4)70/h43-68H2. The second kappa shape index (κ2) is 16.8. The van der Waals surface area contributed by atoms with Crippen molar-refractivity contribution in [3.63, 3.8) is 0 Å². The van der Waals surface area contributed by atoms with Gasteiger partial charge in [0.15, 0.2) is 0 Å². The molecule has 0 fully saturated rings. The topological polar surface area (TPSA) is 9.86 Å². The van der Waals surface area contributed by atoms with E-state index in [2.05, 4.69) is 213 Å². The summed E-state index contributed by atoms with van der Waals surface area (Å²) in [5.41, 5.74) is 47.0. The Hall–Kier alpha value is -3.95. The van der Waals surface area contributed by atoms with E-state index in [-0.39, 0.29) is 0 Å². The van der Waals surface area contributed by atoms with Crippen LogP contribution < -0.4 is 142 Å². The fraction of sp³-hybridized carbons (Fsp3) is 0. The average Bonchev–Trinajstić information content (AvgIpc) is 4.03. The number of nitrogens with zero attached hydrogens (tertiary/aromatic N) is 2. The first-order chi connectivity index (χ1) is 33.2. The number of fused-ring (bicyclic) bond motifs is 9. The lowest BCUT2D eigenvalue weighted by molar-refractivity contribution is 1.21. The van der Waals surface area contributed by atoms with Crippen LogP contribution in [0.2, 0.25) is 0 Å². The first-order valence-corrected chi connectivity index (χ1v) is 27.1. The molecule has 0 atom stereocenters. The van der Waals surface area contributed by atoms with Gasteiger partial charge in [0.1, 0.15) is 204 Å². The molecule has 0 unspecified atom stereocenters. The fourth-order valence-corrected chi connectivity index (χ4v) is 15.3. The van der Waals surface area contributed by atoms with Gasteiger partial charge in [0, 0.05) is 47.9 Å². The molecule has 0 spiro atoms. The van der Waals surface area contributed by atoms with Gasteiger partial charge in [-0.1, -0.05) is 98.3 Å². The molecule has 7 aromatic carbocycles. The molecule has 0 bridgehead atoms. The van der Waals surface area contributed by atoms with Crippen molar-refractivity contribution in [2.75, 3.05) is 0 Å². The van der Waals surface area contributed by atoms with Crippen LogP contribution in [-0.4, -0.2) is 213 Å². The normalized spacial score (nSPS) is 12.0. The summed E-state index contributed by atoms with van der Waals surface area (Å²) in [4.78, 5) is 0. The summed E-state index contributed by atoms with van der Waals surface area (Å²) in [5.74, 6) is 0. The van der Waals surface area contributed by atoms with E-state index in [1.54, 1.807) is 0 Å². The molecule has 0 aliphatic rings. The lowest BCUT2D eigenvalue weighted by Gasteiger charge is -2.28. The predicted molar refractivity (Wildman–Crippen MR) is 406 cm³/mol. The van der Waals surface area contributed by atoms with E-state index in [9.17, 15) is 0 Å². The average molecular weight is 898 g/mol. The Balaban J connectivity index is 1.57. The maximum atomic E-state index is 2.85. The van der Waals surface area contributed by atoms with Crippen LogP contribution in [0.15, 0.2) is 0 Å². The molecule has 0 saturated carbocycles. The van der Waals surface area contributed by atoms with Crippen molar-refractivity contribution < 1.29 is 0 Å². The van der Waals surface area contributed by atoms with Gasteiger partial charge < -0.3 is 9.13 Å². The van der Waals surface area contributed by atoms with Gasteiger partial charge in [0.2, 0.25) is 0 Å². The van der Waals surface area contributed by atoms with Gasteiger partial charge in [-0.2, -0.15) is 0 Å². The van der Waals surface area contributed by atoms with Crippen LogP contribution in [0, 0.1) is 0 Å². The molecule has 2 nitrogen and oxygen atoms in total. The highest BCUT2D eigenvalue weighted by Gasteiger charge is 2.33. The molecule has 0 aliphatic carbocycles. The van der Waals surface area contributed by atoms with Crippen LogP contribution in [0.4, 0.5) is 0 Å². The number of aromatic nitrogens is 2. The maximum absolute atomic E-state index is 2.85. The van der Waals surface area contributed by atoms with Crippen molar-refractivity contribution in [1.82, 2.24) is 9.13 Å². The van der Waals surface area contributed by atoms with Gasteiger partial charge in [0.25, 0.3) is 0 Å². The van der Waals surface area contributed by atoms with Crippen LogP contribution >= 0.6 is 11.3 Å². The number of rotatable bonds is 3. The third-order valence-electron chi connectivity index (χ3n) is 20.4. The molecule has 3 heterocycles. The van der Waals surface area contributed by atoms with Crippen molar-refractivity contribution in [2.24, 2.45) is 0 Å². The Morgan fingerprint density at radius 1 is 0.183 bits per heavy atom. The zero-order valence-electron chi connectivity index (χ0n) is 48.3. The third kappa shape index (κ3) is 6.26. The molecule has 314 valence electrons. The third-order valence-corrected chi connectivity index (χ3v) is 21.8. The Labute approximate surface area is 449 Å². The minimum absolute atomic E-state index is 1.33. The first kappa shape index (κ1) is 50.6. The summed E-state index contributed by atoms with van der Waals surface area (Å²) < 4.78 is 8.44. The van der Waals surface area contributed by atoms with E-state index in [0.29, 0.717) is 0 Å². The molecule has 29 heteroatoms. The van der Waals surface area contributed by atoms with Crippen molar-refractivity contribution in [1.29, 1.82) is 0 Å². The number of hydrogen-bond acceptors (Lipinski definition) is 1. The minimum Gasteiger partial charge on any atom is -0.312 e. The van der Waals surface area contributed by atoms with Gasteiger partial charge in [-0.3, -0.25) is 0 Å². The van der Waals surface area contributed by atoms with Crippen LogP contribution in [-0.2, 0) is 0 Å². The first-order valence-electron chi connectivity index (χ1n) is 26.2. The molecular weight excluding hydrogens is 846 g/mol. The molecule has 3 aromatic heterocycles. The predicted octanol–water partition coefficient (Wildman–Crippen LogP) is -33.4. The van der Waals surface area contributed by atoms with Crippen molar-refractivity contribution >= 4 is 421 Å². The molecule has 0 saturated heterocycles. The molecule has 0 amide bonds. The summed E-state index contributed by atoms with van der Waals surface area (Å²) in [5, 5.41) is 8.44. The summed E-state index contributed by atoms with van der Waals surface area (Å²) >= 11 is 2.03. The van der Waals surface area contributed by atoms with Crippen LogP contribution in [0.1, 0.15) is 0 Å². The lowest BCUT2D eigenvalue weighted by atomic mass is 9.58. The van der Waals surface area contributed by atoms with Gasteiger partial charge in [-0.05, 0) is 32.7 Å². The van der Waals surface area contributed by atoms with Gasteiger partial charge >= 0.3 is 0 Å². The lowest BCUT2D eigenvalue weighted by Crippen LogP contribution is -2.55. The van der Waals surface area contributed by atoms with E-state index < -0.39 is 0 Å². The molecule has 0 radical (unpaired) electrons. The molecule has 0 N–H and O–H groups in total. The van der Waals surface area contributed by atoms with E-state index in [4.69, 9.17) is 0 Å². The largest absolute Gasteiger partial charge is 0.312 e. The highest BCUT2D eigenvalue weighted by atomic mass is 32.1. The van der Waals surface area contributed by atoms with Crippen molar-refractivity contribution in [3.8, 4) is 22.5 Å². The van der Waals surface area contributed by atoms with E-state index >= 15 is 0 Å². The number of thiophene rings is 1. The summed E-state index contributed by atoms with van der Waals surface area (Å²) in [7, 11) is 62.0. The molecule has 10 rings (SSSR count). The highest BCUT2D eigenvalue weighted by molar-refractivity contribution is 7.28. The zero-order chi connectivity index (χ0) is 52.1. The number of hydrogen-bond donors (Lipinski definition) is 0. The Bertz CT molecular complexity index is 4140. The summed E-state index contributed by atoms with van der Waals surface area (Å²) in [6, 6.07) is 0.